The van der Waals surface area contributed by atoms with Gasteiger partial charge in [-0.15, -0.1) is 0 Å². The third-order valence-corrected chi connectivity index (χ3v) is 4.23. The molecule has 0 spiro atoms. The number of ether oxygens (including phenoxy) is 2. The lowest BCUT2D eigenvalue weighted by Gasteiger charge is -2.17. The molecule has 6 heteroatoms. The van der Waals surface area contributed by atoms with Crippen LogP contribution in [0.3, 0.4) is 0 Å². The van der Waals surface area contributed by atoms with Gasteiger partial charge in [-0.2, -0.15) is 5.10 Å². The van der Waals surface area contributed by atoms with Crippen LogP contribution in [0.15, 0.2) is 24.5 Å². The van der Waals surface area contributed by atoms with E-state index in [0.717, 1.165) is 24.2 Å². The van der Waals surface area contributed by atoms with E-state index in [1.165, 1.54) is 5.56 Å². The highest BCUT2D eigenvalue weighted by molar-refractivity contribution is 6.32. The van der Waals surface area contributed by atoms with E-state index in [-0.39, 0.29) is 6.04 Å². The number of nitrogens with one attached hydrogen (secondary N) is 1. The van der Waals surface area contributed by atoms with Crippen molar-refractivity contribution in [2.75, 3.05) is 13.2 Å². The lowest BCUT2D eigenvalue weighted by Crippen LogP contribution is -2.20. The van der Waals surface area contributed by atoms with Crippen molar-refractivity contribution in [3.8, 4) is 11.5 Å². The fourth-order valence-corrected chi connectivity index (χ4v) is 3.03. The van der Waals surface area contributed by atoms with Gasteiger partial charge in [-0.05, 0) is 24.1 Å². The SMILES string of the molecule is CC[C@H](NCc1cc(Cl)c2c(c1)OCCCO2)c1cnn(C)c1. The molecule has 2 heterocycles. The molecule has 1 aliphatic heterocycles. The molecule has 1 aromatic carbocycles. The van der Waals surface area contributed by atoms with Gasteiger partial charge in [0.15, 0.2) is 11.5 Å². The van der Waals surface area contributed by atoms with E-state index in [0.29, 0.717) is 30.5 Å². The molecule has 0 radical (unpaired) electrons. The van der Waals surface area contributed by atoms with Gasteiger partial charge in [-0.1, -0.05) is 18.5 Å². The fourth-order valence-electron chi connectivity index (χ4n) is 2.75. The quantitative estimate of drug-likeness (QED) is 0.908. The molecule has 124 valence electrons. The summed E-state index contributed by atoms with van der Waals surface area (Å²) in [4.78, 5) is 0. The lowest BCUT2D eigenvalue weighted by molar-refractivity contribution is 0.297. The van der Waals surface area contributed by atoms with Gasteiger partial charge < -0.3 is 14.8 Å². The second-order valence-corrected chi connectivity index (χ2v) is 6.15. The molecular weight excluding hydrogens is 314 g/mol. The monoisotopic (exact) mass is 335 g/mol. The van der Waals surface area contributed by atoms with Gasteiger partial charge in [0.05, 0.1) is 24.4 Å². The van der Waals surface area contributed by atoms with E-state index < -0.39 is 0 Å². The zero-order valence-corrected chi connectivity index (χ0v) is 14.3. The summed E-state index contributed by atoms with van der Waals surface area (Å²) in [7, 11) is 1.93. The maximum absolute atomic E-state index is 6.34. The lowest BCUT2D eigenvalue weighted by atomic mass is 10.1. The Morgan fingerprint density at radius 1 is 1.35 bits per heavy atom. The molecule has 1 aromatic heterocycles. The third-order valence-electron chi connectivity index (χ3n) is 3.95. The minimum absolute atomic E-state index is 0.262. The summed E-state index contributed by atoms with van der Waals surface area (Å²) in [6, 6.07) is 4.21. The predicted molar refractivity (Wildman–Crippen MR) is 90.1 cm³/mol. The molecule has 3 rings (SSSR count). The molecular formula is C17H22ClN3O2. The van der Waals surface area contributed by atoms with Crippen LogP contribution in [0.25, 0.3) is 0 Å². The van der Waals surface area contributed by atoms with Crippen LogP contribution in [0.2, 0.25) is 5.02 Å². The molecule has 0 bridgehead atoms. The number of hydrogen-bond donors (Lipinski definition) is 1. The third kappa shape index (κ3) is 3.79. The Bertz CT molecular complexity index is 672. The van der Waals surface area contributed by atoms with E-state index in [1.54, 1.807) is 0 Å². The number of hydrogen-bond acceptors (Lipinski definition) is 4. The number of rotatable bonds is 5. The smallest absolute Gasteiger partial charge is 0.179 e. The first-order chi connectivity index (χ1) is 11.2. The Hall–Kier alpha value is -1.72. The van der Waals surface area contributed by atoms with Crippen molar-refractivity contribution >= 4 is 11.6 Å². The first-order valence-electron chi connectivity index (χ1n) is 7.97. The first-order valence-corrected chi connectivity index (χ1v) is 8.35. The van der Waals surface area contributed by atoms with E-state index in [1.807, 2.05) is 36.3 Å². The van der Waals surface area contributed by atoms with Gasteiger partial charge in [0, 0.05) is 37.8 Å². The van der Waals surface area contributed by atoms with Crippen LogP contribution in [0.4, 0.5) is 0 Å². The number of benzene rings is 1. The average Bonchev–Trinajstić information content (AvgIpc) is 2.82. The van der Waals surface area contributed by atoms with Gasteiger partial charge in [-0.3, -0.25) is 4.68 Å². The minimum atomic E-state index is 0.262. The van der Waals surface area contributed by atoms with E-state index in [2.05, 4.69) is 17.3 Å². The van der Waals surface area contributed by atoms with Crippen molar-refractivity contribution in [1.82, 2.24) is 15.1 Å². The Labute approximate surface area is 141 Å². The fraction of sp³-hybridized carbons (Fsp3) is 0.471. The normalized spacial score (nSPS) is 15.3. The van der Waals surface area contributed by atoms with Crippen molar-refractivity contribution in [2.45, 2.75) is 32.4 Å². The molecule has 5 nitrogen and oxygen atoms in total. The van der Waals surface area contributed by atoms with E-state index in [4.69, 9.17) is 21.1 Å². The van der Waals surface area contributed by atoms with Crippen molar-refractivity contribution in [1.29, 1.82) is 0 Å². The molecule has 0 saturated carbocycles. The maximum atomic E-state index is 6.34. The largest absolute Gasteiger partial charge is 0.489 e. The summed E-state index contributed by atoms with van der Waals surface area (Å²) in [6.07, 6.45) is 5.81. The van der Waals surface area contributed by atoms with Crippen LogP contribution in [-0.2, 0) is 13.6 Å². The molecule has 0 amide bonds. The molecule has 0 saturated heterocycles. The molecule has 2 aromatic rings. The van der Waals surface area contributed by atoms with Gasteiger partial charge in [-0.25, -0.2) is 0 Å². The van der Waals surface area contributed by atoms with Crippen molar-refractivity contribution in [3.63, 3.8) is 0 Å². The summed E-state index contributed by atoms with van der Waals surface area (Å²) in [5.41, 5.74) is 2.28. The number of halogens is 1. The highest BCUT2D eigenvalue weighted by Gasteiger charge is 2.16. The van der Waals surface area contributed by atoms with Crippen LogP contribution in [-0.4, -0.2) is 23.0 Å². The maximum Gasteiger partial charge on any atom is 0.179 e. The van der Waals surface area contributed by atoms with Gasteiger partial charge >= 0.3 is 0 Å². The van der Waals surface area contributed by atoms with Crippen LogP contribution in [0.5, 0.6) is 11.5 Å². The van der Waals surface area contributed by atoms with Crippen molar-refractivity contribution in [3.05, 3.63) is 40.7 Å². The minimum Gasteiger partial charge on any atom is -0.489 e. The van der Waals surface area contributed by atoms with Crippen LogP contribution >= 0.6 is 11.6 Å². The summed E-state index contributed by atoms with van der Waals surface area (Å²) in [5, 5.41) is 8.41. The topological polar surface area (TPSA) is 48.3 Å². The highest BCUT2D eigenvalue weighted by Crippen LogP contribution is 2.38. The number of aromatic nitrogens is 2. The first kappa shape index (κ1) is 16.1. The number of aryl methyl sites for hydroxylation is 1. The van der Waals surface area contributed by atoms with E-state index in [9.17, 15) is 0 Å². The van der Waals surface area contributed by atoms with Gasteiger partial charge in [0.25, 0.3) is 0 Å². The Morgan fingerprint density at radius 2 is 2.17 bits per heavy atom. The van der Waals surface area contributed by atoms with Crippen LogP contribution in [0, 0.1) is 0 Å². The molecule has 1 N–H and O–H groups in total. The predicted octanol–water partition coefficient (Wildman–Crippen LogP) is 3.48. The number of fused-ring (bicyclic) bond motifs is 1. The zero-order valence-electron chi connectivity index (χ0n) is 13.5. The zero-order chi connectivity index (χ0) is 16.2. The molecule has 23 heavy (non-hydrogen) atoms. The average molecular weight is 336 g/mol. The molecule has 1 aliphatic rings. The van der Waals surface area contributed by atoms with Crippen molar-refractivity contribution < 1.29 is 9.47 Å². The number of nitrogens with zero attached hydrogens (tertiary/aromatic N) is 2. The van der Waals surface area contributed by atoms with Gasteiger partial charge in [0.1, 0.15) is 0 Å². The molecule has 1 atom stereocenters. The summed E-state index contributed by atoms with van der Waals surface area (Å²) in [6.45, 7) is 4.17. The second-order valence-electron chi connectivity index (χ2n) is 5.74. The molecule has 0 unspecified atom stereocenters. The Kier molecular flexibility index (Phi) is 5.08. The van der Waals surface area contributed by atoms with Crippen LogP contribution in [0.1, 0.15) is 36.9 Å². The Morgan fingerprint density at radius 3 is 2.91 bits per heavy atom. The standard InChI is InChI=1S/C17H22ClN3O2/c1-3-15(13-10-20-21(2)11-13)19-9-12-7-14(18)17-16(8-12)22-5-4-6-23-17/h7-8,10-11,15,19H,3-6,9H2,1-2H3/t15-/m0/s1. The summed E-state index contributed by atoms with van der Waals surface area (Å²) >= 11 is 6.34. The van der Waals surface area contributed by atoms with E-state index >= 15 is 0 Å². The molecule has 0 aliphatic carbocycles. The highest BCUT2D eigenvalue weighted by atomic mass is 35.5. The second kappa shape index (κ2) is 7.23. The van der Waals surface area contributed by atoms with Gasteiger partial charge in [0.2, 0.25) is 0 Å². The molecule has 0 fully saturated rings. The Balaban J connectivity index is 1.72. The summed E-state index contributed by atoms with van der Waals surface area (Å²) in [5.74, 6) is 1.40. The van der Waals surface area contributed by atoms with Crippen LogP contribution < -0.4 is 14.8 Å². The van der Waals surface area contributed by atoms with Crippen molar-refractivity contribution in [2.24, 2.45) is 7.05 Å². The summed E-state index contributed by atoms with van der Waals surface area (Å²) < 4.78 is 13.2.